The molecule has 1 saturated heterocycles. The van der Waals surface area contributed by atoms with Crippen LogP contribution in [0.15, 0.2) is 0 Å². The number of aliphatic carboxylic acids is 1. The van der Waals surface area contributed by atoms with Crippen LogP contribution in [0.2, 0.25) is 0 Å². The number of unbranched alkanes of at least 4 members (excludes halogenated alkanes) is 2. The van der Waals surface area contributed by atoms with Crippen LogP contribution in [0.1, 0.15) is 46.5 Å². The Morgan fingerprint density at radius 3 is 2.70 bits per heavy atom. The molecule has 116 valence electrons. The van der Waals surface area contributed by atoms with Gasteiger partial charge in [-0.15, -0.1) is 11.8 Å². The number of thioether (sulfide) groups is 1. The Morgan fingerprint density at radius 2 is 2.10 bits per heavy atom. The summed E-state index contributed by atoms with van der Waals surface area (Å²) in [6, 6.07) is -0.950. The highest BCUT2D eigenvalue weighted by atomic mass is 32.2. The standard InChI is InChI=1S/C14H26N2O3S/c1-4-5-6-7-14(2,3)9-15-13(19)16-10-20-8-11(16)12(17)18/h11H,4-10H2,1-3H3,(H,15,19)(H,17,18)/t11-/m0/s1. The molecule has 1 atom stereocenters. The van der Waals surface area contributed by atoms with Crippen molar-refractivity contribution in [3.05, 3.63) is 0 Å². The van der Waals surface area contributed by atoms with Gasteiger partial charge >= 0.3 is 12.0 Å². The van der Waals surface area contributed by atoms with Gasteiger partial charge in [-0.05, 0) is 11.8 Å². The van der Waals surface area contributed by atoms with Gasteiger partial charge in [0.15, 0.2) is 0 Å². The van der Waals surface area contributed by atoms with E-state index in [-0.39, 0.29) is 11.4 Å². The van der Waals surface area contributed by atoms with Crippen LogP contribution in [0.3, 0.4) is 0 Å². The number of carboxylic acid groups (broad SMARTS) is 1. The molecule has 0 aromatic rings. The van der Waals surface area contributed by atoms with Crippen LogP contribution < -0.4 is 5.32 Å². The van der Waals surface area contributed by atoms with Crippen LogP contribution in [0, 0.1) is 5.41 Å². The summed E-state index contributed by atoms with van der Waals surface area (Å²) in [6.07, 6.45) is 4.63. The SMILES string of the molecule is CCCCCC(C)(C)CNC(=O)N1CSC[C@H]1C(=O)O. The first kappa shape index (κ1) is 17.1. The third kappa shape index (κ3) is 5.23. The van der Waals surface area contributed by atoms with Crippen molar-refractivity contribution in [3.63, 3.8) is 0 Å². The van der Waals surface area contributed by atoms with Crippen molar-refractivity contribution < 1.29 is 14.7 Å². The molecule has 2 amide bonds. The van der Waals surface area contributed by atoms with Crippen LogP contribution in [-0.4, -0.2) is 46.2 Å². The lowest BCUT2D eigenvalue weighted by atomic mass is 9.87. The zero-order valence-corrected chi connectivity index (χ0v) is 13.5. The van der Waals surface area contributed by atoms with Gasteiger partial charge in [-0.25, -0.2) is 9.59 Å². The topological polar surface area (TPSA) is 69.6 Å². The van der Waals surface area contributed by atoms with E-state index in [9.17, 15) is 9.59 Å². The fraction of sp³-hybridized carbons (Fsp3) is 0.857. The van der Waals surface area contributed by atoms with Crippen LogP contribution in [0.25, 0.3) is 0 Å². The minimum atomic E-state index is -0.924. The number of carbonyl (C=O) groups excluding carboxylic acids is 1. The molecular formula is C14H26N2O3S. The number of urea groups is 1. The van der Waals surface area contributed by atoms with Gasteiger partial charge < -0.3 is 15.3 Å². The molecule has 0 aromatic carbocycles. The zero-order valence-electron chi connectivity index (χ0n) is 12.6. The molecule has 20 heavy (non-hydrogen) atoms. The molecule has 1 fully saturated rings. The van der Waals surface area contributed by atoms with E-state index in [0.29, 0.717) is 18.2 Å². The van der Waals surface area contributed by atoms with Crippen molar-refractivity contribution in [2.75, 3.05) is 18.2 Å². The summed E-state index contributed by atoms with van der Waals surface area (Å²) in [6.45, 7) is 7.03. The molecule has 1 aliphatic rings. The van der Waals surface area contributed by atoms with E-state index >= 15 is 0 Å². The second kappa shape index (κ2) is 7.76. The molecule has 6 heteroatoms. The van der Waals surface area contributed by atoms with E-state index in [1.165, 1.54) is 29.5 Å². The summed E-state index contributed by atoms with van der Waals surface area (Å²) in [5, 5.41) is 12.0. The van der Waals surface area contributed by atoms with Gasteiger partial charge in [0.2, 0.25) is 0 Å². The number of hydrogen-bond donors (Lipinski definition) is 2. The Hall–Kier alpha value is -0.910. The summed E-state index contributed by atoms with van der Waals surface area (Å²) >= 11 is 1.48. The molecule has 0 bridgehead atoms. The van der Waals surface area contributed by atoms with Gasteiger partial charge in [0, 0.05) is 12.3 Å². The van der Waals surface area contributed by atoms with E-state index in [1.807, 2.05) is 0 Å². The molecule has 0 aromatic heterocycles. The average Bonchev–Trinajstić information content (AvgIpc) is 2.85. The third-order valence-electron chi connectivity index (χ3n) is 3.60. The Morgan fingerprint density at radius 1 is 1.40 bits per heavy atom. The van der Waals surface area contributed by atoms with Gasteiger partial charge in [0.1, 0.15) is 6.04 Å². The van der Waals surface area contributed by atoms with Crippen molar-refractivity contribution in [3.8, 4) is 0 Å². The van der Waals surface area contributed by atoms with Crippen LogP contribution in [0.5, 0.6) is 0 Å². The monoisotopic (exact) mass is 302 g/mol. The molecule has 0 aliphatic carbocycles. The maximum Gasteiger partial charge on any atom is 0.327 e. The normalized spacial score (nSPS) is 19.1. The number of amides is 2. The quantitative estimate of drug-likeness (QED) is 0.710. The van der Waals surface area contributed by atoms with Crippen LogP contribution in [0.4, 0.5) is 4.79 Å². The molecule has 5 nitrogen and oxygen atoms in total. The Balaban J connectivity index is 2.40. The minimum Gasteiger partial charge on any atom is -0.480 e. The summed E-state index contributed by atoms with van der Waals surface area (Å²) < 4.78 is 0. The molecular weight excluding hydrogens is 276 g/mol. The minimum absolute atomic E-state index is 0.0520. The number of rotatable bonds is 7. The summed E-state index contributed by atoms with van der Waals surface area (Å²) in [5.41, 5.74) is 0.0520. The number of nitrogens with zero attached hydrogens (tertiary/aromatic N) is 1. The largest absolute Gasteiger partial charge is 0.480 e. The van der Waals surface area contributed by atoms with Gasteiger partial charge in [0.05, 0.1) is 5.88 Å². The highest BCUT2D eigenvalue weighted by Gasteiger charge is 2.35. The first-order valence-electron chi connectivity index (χ1n) is 7.22. The van der Waals surface area contributed by atoms with Crippen molar-refractivity contribution in [2.45, 2.75) is 52.5 Å². The Kier molecular flexibility index (Phi) is 6.65. The summed E-state index contributed by atoms with van der Waals surface area (Å²) in [5.74, 6) is 0.00851. The summed E-state index contributed by atoms with van der Waals surface area (Å²) in [7, 11) is 0. The summed E-state index contributed by atoms with van der Waals surface area (Å²) in [4.78, 5) is 24.5. The maximum absolute atomic E-state index is 12.1. The van der Waals surface area contributed by atoms with E-state index in [1.54, 1.807) is 0 Å². The third-order valence-corrected chi connectivity index (χ3v) is 4.62. The Labute approximate surface area is 125 Å². The van der Waals surface area contributed by atoms with Crippen molar-refractivity contribution in [1.82, 2.24) is 10.2 Å². The smallest absolute Gasteiger partial charge is 0.327 e. The first-order valence-corrected chi connectivity index (χ1v) is 8.38. The lowest BCUT2D eigenvalue weighted by molar-refractivity contribution is -0.140. The Bertz CT molecular complexity index is 347. The second-order valence-corrected chi connectivity index (χ2v) is 7.10. The van der Waals surface area contributed by atoms with Gasteiger partial charge in [0.25, 0.3) is 0 Å². The van der Waals surface area contributed by atoms with E-state index in [2.05, 4.69) is 26.1 Å². The van der Waals surface area contributed by atoms with Gasteiger partial charge in [-0.1, -0.05) is 40.0 Å². The first-order chi connectivity index (χ1) is 9.37. The van der Waals surface area contributed by atoms with E-state index in [0.717, 1.165) is 12.8 Å². The van der Waals surface area contributed by atoms with Gasteiger partial charge in [-0.3, -0.25) is 0 Å². The molecule has 1 rings (SSSR count). The number of hydrogen-bond acceptors (Lipinski definition) is 3. The van der Waals surface area contributed by atoms with Crippen LogP contribution >= 0.6 is 11.8 Å². The second-order valence-electron chi connectivity index (χ2n) is 6.10. The molecule has 1 heterocycles. The van der Waals surface area contributed by atoms with Crippen molar-refractivity contribution in [2.24, 2.45) is 5.41 Å². The highest BCUT2D eigenvalue weighted by Crippen LogP contribution is 2.24. The number of carboxylic acids is 1. The van der Waals surface area contributed by atoms with Crippen molar-refractivity contribution >= 4 is 23.8 Å². The fourth-order valence-electron chi connectivity index (χ4n) is 2.21. The molecule has 1 aliphatic heterocycles. The molecule has 0 saturated carbocycles. The lowest BCUT2D eigenvalue weighted by Gasteiger charge is -2.27. The highest BCUT2D eigenvalue weighted by molar-refractivity contribution is 7.99. The van der Waals surface area contributed by atoms with Crippen molar-refractivity contribution in [1.29, 1.82) is 0 Å². The maximum atomic E-state index is 12.1. The molecule has 0 unspecified atom stereocenters. The fourth-order valence-corrected chi connectivity index (χ4v) is 3.35. The zero-order chi connectivity index (χ0) is 15.2. The molecule has 0 radical (unpaired) electrons. The molecule has 0 spiro atoms. The number of carbonyl (C=O) groups is 2. The molecule has 2 N–H and O–H groups in total. The number of nitrogens with one attached hydrogen (secondary N) is 1. The van der Waals surface area contributed by atoms with E-state index in [4.69, 9.17) is 5.11 Å². The van der Waals surface area contributed by atoms with Gasteiger partial charge in [-0.2, -0.15) is 0 Å². The average molecular weight is 302 g/mol. The van der Waals surface area contributed by atoms with Crippen LogP contribution in [-0.2, 0) is 4.79 Å². The predicted octanol–water partition coefficient (Wildman–Crippen LogP) is 2.76. The van der Waals surface area contributed by atoms with E-state index < -0.39 is 12.0 Å². The lowest BCUT2D eigenvalue weighted by Crippen LogP contribution is -2.48. The predicted molar refractivity (Wildman–Crippen MR) is 81.9 cm³/mol.